The molecule has 0 saturated heterocycles. The molecular weight excluding hydrogens is 453 g/mol. The summed E-state index contributed by atoms with van der Waals surface area (Å²) in [5.74, 6) is -0.0333. The molecule has 0 unspecified atom stereocenters. The minimum atomic E-state index is -3.08. The molecule has 10 heteroatoms. The van der Waals surface area contributed by atoms with Crippen molar-refractivity contribution in [2.45, 2.75) is 39.7 Å². The molecule has 0 spiro atoms. The maximum Gasteiger partial charge on any atom is 0.266 e. The molecule has 33 heavy (non-hydrogen) atoms. The molecule has 1 aromatic carbocycles. The van der Waals surface area contributed by atoms with E-state index in [2.05, 4.69) is 20.3 Å². The van der Waals surface area contributed by atoms with Crippen LogP contribution in [0, 0.1) is 19.7 Å². The van der Waals surface area contributed by atoms with Crippen molar-refractivity contribution >= 4 is 32.1 Å². The molecule has 4 rings (SSSR count). The highest BCUT2D eigenvalue weighted by molar-refractivity contribution is 7.91. The first-order valence-electron chi connectivity index (χ1n) is 10.4. The Balaban J connectivity index is 1.77. The average Bonchev–Trinajstić information content (AvgIpc) is 2.74. The summed E-state index contributed by atoms with van der Waals surface area (Å²) < 4.78 is 64.5. The number of rotatable bonds is 5. The lowest BCUT2D eigenvalue weighted by atomic mass is 10.0. The Morgan fingerprint density at radius 3 is 2.48 bits per heavy atom. The number of nitrogens with one attached hydrogen (secondary N) is 1. The van der Waals surface area contributed by atoms with Gasteiger partial charge in [0.15, 0.2) is 9.84 Å². The molecule has 3 heterocycles. The fourth-order valence-corrected chi connectivity index (χ4v) is 5.09. The number of fused-ring (bicyclic) bond motifs is 1. The molecule has 0 aliphatic carbocycles. The standard InChI is InChI=1S/C23H23F3N4O2S/c1-12(16-5-4-6-17(20(16)24)22(25)26)28-23-18-11-19(15-7-9-33(31,32)10-8-15)27-13(2)21(18)29-14(3)30-23/h4-7,11-12,22H,8-10H2,1-3H3,(H,28,29,30)/t12-/m1/s1. The molecule has 0 amide bonds. The van der Waals surface area contributed by atoms with Crippen LogP contribution < -0.4 is 5.32 Å². The zero-order valence-electron chi connectivity index (χ0n) is 18.4. The first kappa shape index (κ1) is 23.2. The fourth-order valence-electron chi connectivity index (χ4n) is 3.94. The highest BCUT2D eigenvalue weighted by Crippen LogP contribution is 2.32. The van der Waals surface area contributed by atoms with E-state index >= 15 is 0 Å². The van der Waals surface area contributed by atoms with Crippen LogP contribution >= 0.6 is 0 Å². The number of nitrogens with zero attached hydrogens (tertiary/aromatic N) is 3. The highest BCUT2D eigenvalue weighted by Gasteiger charge is 2.22. The van der Waals surface area contributed by atoms with Crippen molar-refractivity contribution in [2.24, 2.45) is 0 Å². The summed E-state index contributed by atoms with van der Waals surface area (Å²) in [5, 5.41) is 3.77. The summed E-state index contributed by atoms with van der Waals surface area (Å²) in [6.07, 6.45) is -0.886. The topological polar surface area (TPSA) is 84.8 Å². The van der Waals surface area contributed by atoms with Crippen molar-refractivity contribution < 1.29 is 21.6 Å². The normalized spacial score (nSPS) is 16.6. The van der Waals surface area contributed by atoms with Crippen LogP contribution in [0.2, 0.25) is 0 Å². The predicted octanol–water partition coefficient (Wildman–Crippen LogP) is 5.09. The number of hydrogen-bond donors (Lipinski definition) is 1. The Morgan fingerprint density at radius 2 is 1.82 bits per heavy atom. The second-order valence-corrected chi connectivity index (χ2v) is 10.3. The molecule has 2 aromatic heterocycles. The van der Waals surface area contributed by atoms with E-state index in [0.717, 1.165) is 11.6 Å². The quantitative estimate of drug-likeness (QED) is 0.552. The van der Waals surface area contributed by atoms with Crippen LogP contribution in [0.15, 0.2) is 30.3 Å². The third-order valence-corrected chi connectivity index (χ3v) is 7.18. The Bertz CT molecular complexity index is 1370. The zero-order valence-corrected chi connectivity index (χ0v) is 19.2. The summed E-state index contributed by atoms with van der Waals surface area (Å²) in [4.78, 5) is 13.6. The Hall–Kier alpha value is -3.01. The fraction of sp³-hybridized carbons (Fsp3) is 0.348. The van der Waals surface area contributed by atoms with Crippen LogP contribution in [0.3, 0.4) is 0 Å². The maximum absolute atomic E-state index is 14.7. The molecule has 1 atom stereocenters. The van der Waals surface area contributed by atoms with Gasteiger partial charge < -0.3 is 5.32 Å². The van der Waals surface area contributed by atoms with Crippen LogP contribution in [-0.2, 0) is 9.84 Å². The SMILES string of the molecule is Cc1nc(N[C@H](C)c2cccc(C(F)F)c2F)c2cc(C3=CCS(=O)(=O)CC3)nc(C)c2n1. The van der Waals surface area contributed by atoms with Gasteiger partial charge in [-0.2, -0.15) is 0 Å². The molecule has 0 fully saturated rings. The van der Waals surface area contributed by atoms with E-state index in [0.29, 0.717) is 40.4 Å². The van der Waals surface area contributed by atoms with Gasteiger partial charge in [-0.3, -0.25) is 4.98 Å². The first-order valence-corrected chi connectivity index (χ1v) is 12.3. The Labute approximate surface area is 189 Å². The molecule has 1 aliphatic heterocycles. The lowest BCUT2D eigenvalue weighted by molar-refractivity contribution is 0.146. The Morgan fingerprint density at radius 1 is 1.09 bits per heavy atom. The van der Waals surface area contributed by atoms with Gasteiger partial charge in [0.25, 0.3) is 6.43 Å². The Kier molecular flexibility index (Phi) is 6.13. The van der Waals surface area contributed by atoms with Crippen LogP contribution in [0.25, 0.3) is 16.5 Å². The van der Waals surface area contributed by atoms with Crippen molar-refractivity contribution in [3.05, 3.63) is 64.5 Å². The van der Waals surface area contributed by atoms with E-state index in [4.69, 9.17) is 0 Å². The second kappa shape index (κ2) is 8.74. The van der Waals surface area contributed by atoms with Gasteiger partial charge in [0.1, 0.15) is 17.5 Å². The first-order chi connectivity index (χ1) is 15.6. The molecule has 1 N–H and O–H groups in total. The summed E-state index contributed by atoms with van der Waals surface area (Å²) in [6, 6.07) is 5.06. The minimum Gasteiger partial charge on any atom is -0.363 e. The molecular formula is C23H23F3N4O2S. The van der Waals surface area contributed by atoms with E-state index in [-0.39, 0.29) is 17.1 Å². The van der Waals surface area contributed by atoms with Crippen LogP contribution in [0.1, 0.15) is 54.2 Å². The van der Waals surface area contributed by atoms with E-state index in [1.165, 1.54) is 12.1 Å². The summed E-state index contributed by atoms with van der Waals surface area (Å²) in [7, 11) is -3.08. The highest BCUT2D eigenvalue weighted by atomic mass is 32.2. The average molecular weight is 477 g/mol. The lowest BCUT2D eigenvalue weighted by Crippen LogP contribution is -2.16. The molecule has 3 aromatic rings. The van der Waals surface area contributed by atoms with Crippen molar-refractivity contribution in [2.75, 3.05) is 16.8 Å². The molecule has 0 saturated carbocycles. The third-order valence-electron chi connectivity index (χ3n) is 5.68. The summed E-state index contributed by atoms with van der Waals surface area (Å²) in [6.45, 7) is 5.19. The summed E-state index contributed by atoms with van der Waals surface area (Å²) in [5.41, 5.74) is 2.15. The van der Waals surface area contributed by atoms with E-state index < -0.39 is 33.7 Å². The number of alkyl halides is 2. The number of anilines is 1. The number of pyridine rings is 1. The van der Waals surface area contributed by atoms with Crippen LogP contribution in [0.5, 0.6) is 0 Å². The van der Waals surface area contributed by atoms with Gasteiger partial charge in [-0.1, -0.05) is 24.3 Å². The number of allylic oxidation sites excluding steroid dienone is 1. The number of aromatic nitrogens is 3. The minimum absolute atomic E-state index is 0.0343. The molecule has 174 valence electrons. The number of aryl methyl sites for hydroxylation is 2. The van der Waals surface area contributed by atoms with Crippen molar-refractivity contribution in [1.29, 1.82) is 0 Å². The van der Waals surface area contributed by atoms with E-state index in [9.17, 15) is 21.6 Å². The maximum atomic E-state index is 14.7. The van der Waals surface area contributed by atoms with Gasteiger partial charge in [0.05, 0.1) is 40.0 Å². The largest absolute Gasteiger partial charge is 0.363 e. The predicted molar refractivity (Wildman–Crippen MR) is 121 cm³/mol. The van der Waals surface area contributed by atoms with Gasteiger partial charge in [0.2, 0.25) is 0 Å². The van der Waals surface area contributed by atoms with E-state index in [1.54, 1.807) is 32.9 Å². The monoisotopic (exact) mass is 476 g/mol. The smallest absolute Gasteiger partial charge is 0.266 e. The second-order valence-electron chi connectivity index (χ2n) is 8.12. The van der Waals surface area contributed by atoms with Crippen molar-refractivity contribution in [1.82, 2.24) is 15.0 Å². The number of hydrogen-bond acceptors (Lipinski definition) is 6. The van der Waals surface area contributed by atoms with Crippen LogP contribution in [0.4, 0.5) is 19.0 Å². The number of sulfone groups is 1. The lowest BCUT2D eigenvalue weighted by Gasteiger charge is -2.20. The third kappa shape index (κ3) is 4.71. The number of benzene rings is 1. The zero-order chi connectivity index (χ0) is 23.9. The van der Waals surface area contributed by atoms with E-state index in [1.807, 2.05) is 0 Å². The van der Waals surface area contributed by atoms with Crippen molar-refractivity contribution in [3.8, 4) is 0 Å². The van der Waals surface area contributed by atoms with Crippen LogP contribution in [-0.4, -0.2) is 34.9 Å². The van der Waals surface area contributed by atoms with Gasteiger partial charge in [0, 0.05) is 10.9 Å². The van der Waals surface area contributed by atoms with Gasteiger partial charge in [-0.05, 0) is 38.8 Å². The van der Waals surface area contributed by atoms with Crippen molar-refractivity contribution in [3.63, 3.8) is 0 Å². The summed E-state index contributed by atoms with van der Waals surface area (Å²) >= 11 is 0. The number of halogens is 3. The molecule has 6 nitrogen and oxygen atoms in total. The van der Waals surface area contributed by atoms with Gasteiger partial charge in [-0.15, -0.1) is 0 Å². The van der Waals surface area contributed by atoms with Gasteiger partial charge >= 0.3 is 0 Å². The molecule has 0 bridgehead atoms. The van der Waals surface area contributed by atoms with Gasteiger partial charge in [-0.25, -0.2) is 31.6 Å². The molecule has 0 radical (unpaired) electrons. The molecule has 1 aliphatic rings.